The number of ether oxygens (including phenoxy) is 1. The maximum atomic E-state index is 12.6. The normalized spacial score (nSPS) is 10.4. The van der Waals surface area contributed by atoms with Gasteiger partial charge in [0.05, 0.1) is 16.8 Å². The number of amides is 2. The van der Waals surface area contributed by atoms with Gasteiger partial charge in [-0.2, -0.15) is 0 Å². The second-order valence-electron chi connectivity index (χ2n) is 6.24. The van der Waals surface area contributed by atoms with Gasteiger partial charge in [0, 0.05) is 17.9 Å². The molecule has 0 atom stereocenters. The Morgan fingerprint density at radius 2 is 1.71 bits per heavy atom. The molecule has 1 aromatic heterocycles. The van der Waals surface area contributed by atoms with E-state index in [0.29, 0.717) is 22.2 Å². The monoisotopic (exact) mass is 377 g/mol. The molecule has 2 amide bonds. The average molecular weight is 377 g/mol. The lowest BCUT2D eigenvalue weighted by Crippen LogP contribution is -2.42. The average Bonchev–Trinajstić information content (AvgIpc) is 2.70. The number of hydrogen-bond acceptors (Lipinski definition) is 5. The van der Waals surface area contributed by atoms with E-state index >= 15 is 0 Å². The fraction of sp³-hybridized carbons (Fsp3) is 0.143. The van der Waals surface area contributed by atoms with Gasteiger partial charge in [-0.15, -0.1) is 0 Å². The molecule has 0 saturated carbocycles. The van der Waals surface area contributed by atoms with E-state index in [9.17, 15) is 14.4 Å². The molecule has 0 bridgehead atoms. The van der Waals surface area contributed by atoms with Crippen molar-refractivity contribution < 1.29 is 19.1 Å². The summed E-state index contributed by atoms with van der Waals surface area (Å²) in [5, 5.41) is 0.630. The van der Waals surface area contributed by atoms with Crippen molar-refractivity contribution in [3.05, 3.63) is 65.7 Å². The number of pyridine rings is 1. The van der Waals surface area contributed by atoms with Gasteiger partial charge in [0.1, 0.15) is 0 Å². The minimum atomic E-state index is -0.648. The highest BCUT2D eigenvalue weighted by atomic mass is 16.5. The SMILES string of the molecule is CC(=O)NNC(=O)COC(=O)c1cc(-c2ccc(C)cc2)nc2ccccc12. The summed E-state index contributed by atoms with van der Waals surface area (Å²) in [5.74, 6) is -1.71. The number of carbonyl (C=O) groups is 3. The molecule has 0 spiro atoms. The first-order valence-corrected chi connectivity index (χ1v) is 8.63. The number of aryl methyl sites for hydroxylation is 1. The van der Waals surface area contributed by atoms with Gasteiger partial charge < -0.3 is 4.74 Å². The fourth-order valence-electron chi connectivity index (χ4n) is 2.62. The number of nitrogens with zero attached hydrogens (tertiary/aromatic N) is 1. The molecular weight excluding hydrogens is 358 g/mol. The Bertz CT molecular complexity index is 1050. The van der Waals surface area contributed by atoms with E-state index in [1.165, 1.54) is 6.92 Å². The standard InChI is InChI=1S/C21H19N3O4/c1-13-7-9-15(10-8-13)19-11-17(16-5-3-4-6-18(16)22-19)21(27)28-12-20(26)24-23-14(2)25/h3-11H,12H2,1-2H3,(H,23,25)(H,24,26). The highest BCUT2D eigenvalue weighted by molar-refractivity contribution is 6.05. The van der Waals surface area contributed by atoms with Crippen molar-refractivity contribution in [3.8, 4) is 11.3 Å². The number of esters is 1. The van der Waals surface area contributed by atoms with Gasteiger partial charge in [-0.1, -0.05) is 48.0 Å². The van der Waals surface area contributed by atoms with Crippen LogP contribution in [0.25, 0.3) is 22.2 Å². The number of para-hydroxylation sites is 1. The van der Waals surface area contributed by atoms with Crippen LogP contribution < -0.4 is 10.9 Å². The number of hydrogen-bond donors (Lipinski definition) is 2. The van der Waals surface area contributed by atoms with Gasteiger partial charge >= 0.3 is 5.97 Å². The van der Waals surface area contributed by atoms with Crippen molar-refractivity contribution in [1.29, 1.82) is 0 Å². The molecule has 1 heterocycles. The van der Waals surface area contributed by atoms with Crippen LogP contribution in [0, 0.1) is 6.92 Å². The van der Waals surface area contributed by atoms with Crippen LogP contribution in [-0.2, 0) is 14.3 Å². The van der Waals surface area contributed by atoms with Crippen molar-refractivity contribution in [3.63, 3.8) is 0 Å². The number of benzene rings is 2. The molecular formula is C21H19N3O4. The smallest absolute Gasteiger partial charge is 0.339 e. The molecule has 0 aliphatic heterocycles. The van der Waals surface area contributed by atoms with Gasteiger partial charge in [-0.25, -0.2) is 9.78 Å². The summed E-state index contributed by atoms with van der Waals surface area (Å²) >= 11 is 0. The molecule has 3 rings (SSSR count). The number of rotatable bonds is 4. The van der Waals surface area contributed by atoms with Crippen LogP contribution in [0.2, 0.25) is 0 Å². The number of hydrazine groups is 1. The van der Waals surface area contributed by atoms with Gasteiger partial charge in [-0.3, -0.25) is 20.4 Å². The highest BCUT2D eigenvalue weighted by Gasteiger charge is 2.16. The first-order valence-electron chi connectivity index (χ1n) is 8.63. The van der Waals surface area contributed by atoms with Crippen LogP contribution in [0.4, 0.5) is 0 Å². The zero-order chi connectivity index (χ0) is 20.1. The number of fused-ring (bicyclic) bond motifs is 1. The molecule has 7 nitrogen and oxygen atoms in total. The zero-order valence-electron chi connectivity index (χ0n) is 15.5. The van der Waals surface area contributed by atoms with Crippen molar-refractivity contribution >= 4 is 28.7 Å². The third-order valence-electron chi connectivity index (χ3n) is 4.00. The molecule has 2 aromatic carbocycles. The molecule has 0 fully saturated rings. The molecule has 0 saturated heterocycles. The van der Waals surface area contributed by atoms with Gasteiger partial charge in [0.2, 0.25) is 5.91 Å². The summed E-state index contributed by atoms with van der Waals surface area (Å²) in [5.41, 5.74) is 7.86. The largest absolute Gasteiger partial charge is 0.452 e. The topological polar surface area (TPSA) is 97.4 Å². The minimum Gasteiger partial charge on any atom is -0.452 e. The predicted molar refractivity (Wildman–Crippen MR) is 104 cm³/mol. The van der Waals surface area contributed by atoms with Crippen molar-refractivity contribution in [2.45, 2.75) is 13.8 Å². The number of carbonyl (C=O) groups excluding carboxylic acids is 3. The van der Waals surface area contributed by atoms with E-state index in [1.54, 1.807) is 18.2 Å². The maximum absolute atomic E-state index is 12.6. The Morgan fingerprint density at radius 1 is 1.00 bits per heavy atom. The van der Waals surface area contributed by atoms with Crippen LogP contribution in [-0.4, -0.2) is 29.4 Å². The zero-order valence-corrected chi connectivity index (χ0v) is 15.5. The Hall–Kier alpha value is -3.74. The molecule has 0 unspecified atom stereocenters. The van der Waals surface area contributed by atoms with Gasteiger partial charge in [0.15, 0.2) is 6.61 Å². The number of aromatic nitrogens is 1. The van der Waals surface area contributed by atoms with E-state index < -0.39 is 24.4 Å². The van der Waals surface area contributed by atoms with Crippen LogP contribution in [0.3, 0.4) is 0 Å². The summed E-state index contributed by atoms with van der Waals surface area (Å²) in [6.07, 6.45) is 0. The summed E-state index contributed by atoms with van der Waals surface area (Å²) < 4.78 is 5.11. The summed E-state index contributed by atoms with van der Waals surface area (Å²) in [6.45, 7) is 2.73. The van der Waals surface area contributed by atoms with Crippen LogP contribution in [0.15, 0.2) is 54.6 Å². The lowest BCUT2D eigenvalue weighted by atomic mass is 10.0. The van der Waals surface area contributed by atoms with Crippen LogP contribution >= 0.6 is 0 Å². The molecule has 0 aliphatic carbocycles. The Labute approximate surface area is 161 Å². The minimum absolute atomic E-state index is 0.313. The highest BCUT2D eigenvalue weighted by Crippen LogP contribution is 2.25. The van der Waals surface area contributed by atoms with E-state index in [-0.39, 0.29) is 0 Å². The Morgan fingerprint density at radius 3 is 2.43 bits per heavy atom. The van der Waals surface area contributed by atoms with Crippen LogP contribution in [0.1, 0.15) is 22.8 Å². The van der Waals surface area contributed by atoms with Crippen LogP contribution in [0.5, 0.6) is 0 Å². The Kier molecular flexibility index (Phi) is 5.64. The molecule has 0 radical (unpaired) electrons. The first kappa shape index (κ1) is 19.0. The summed E-state index contributed by atoms with van der Waals surface area (Å²) in [7, 11) is 0. The third kappa shape index (κ3) is 4.50. The molecule has 2 N–H and O–H groups in total. The fourth-order valence-corrected chi connectivity index (χ4v) is 2.62. The van der Waals surface area contributed by atoms with Gasteiger partial charge in [-0.05, 0) is 19.1 Å². The molecule has 7 heteroatoms. The van der Waals surface area contributed by atoms with Gasteiger partial charge in [0.25, 0.3) is 5.91 Å². The quantitative estimate of drug-likeness (QED) is 0.538. The lowest BCUT2D eigenvalue weighted by Gasteiger charge is -2.10. The Balaban J connectivity index is 1.88. The van der Waals surface area contributed by atoms with E-state index in [2.05, 4.69) is 15.8 Å². The van der Waals surface area contributed by atoms with E-state index in [1.807, 2.05) is 43.3 Å². The van der Waals surface area contributed by atoms with Crippen molar-refractivity contribution in [2.24, 2.45) is 0 Å². The molecule has 3 aromatic rings. The van der Waals surface area contributed by atoms with Crippen molar-refractivity contribution in [2.75, 3.05) is 6.61 Å². The third-order valence-corrected chi connectivity index (χ3v) is 4.00. The summed E-state index contributed by atoms with van der Waals surface area (Å²) in [6, 6.07) is 16.7. The van der Waals surface area contributed by atoms with E-state index in [4.69, 9.17) is 4.74 Å². The second kappa shape index (κ2) is 8.30. The molecule has 28 heavy (non-hydrogen) atoms. The van der Waals surface area contributed by atoms with Crippen molar-refractivity contribution in [1.82, 2.24) is 15.8 Å². The second-order valence-corrected chi connectivity index (χ2v) is 6.24. The predicted octanol–water partition coefficient (Wildman–Crippen LogP) is 2.53. The van der Waals surface area contributed by atoms with E-state index in [0.717, 1.165) is 11.1 Å². The molecule has 142 valence electrons. The molecule has 0 aliphatic rings. The summed E-state index contributed by atoms with van der Waals surface area (Å²) in [4.78, 5) is 39.7. The lowest BCUT2D eigenvalue weighted by molar-refractivity contribution is -0.129. The first-order chi connectivity index (χ1) is 13.4. The number of nitrogens with one attached hydrogen (secondary N) is 2. The maximum Gasteiger partial charge on any atom is 0.339 e.